The van der Waals surface area contributed by atoms with Gasteiger partial charge in [0.25, 0.3) is 5.69 Å². The van der Waals surface area contributed by atoms with E-state index in [-0.39, 0.29) is 16.4 Å². The highest BCUT2D eigenvalue weighted by molar-refractivity contribution is 8.00. The minimum absolute atomic E-state index is 0.158. The average Bonchev–Trinajstić information content (AvgIpc) is 3.12. The molecule has 2 aromatic carbocycles. The molecule has 1 N–H and O–H groups in total. The maximum Gasteiger partial charge on any atom is 0.271 e. The summed E-state index contributed by atoms with van der Waals surface area (Å²) in [6, 6.07) is 10.7. The molecule has 144 valence electrons. The van der Waals surface area contributed by atoms with Crippen molar-refractivity contribution in [3.63, 3.8) is 0 Å². The lowest BCUT2D eigenvalue weighted by Gasteiger charge is -2.12. The number of rotatable bonds is 6. The van der Waals surface area contributed by atoms with Crippen LogP contribution in [0.25, 0.3) is 5.69 Å². The van der Waals surface area contributed by atoms with Crippen LogP contribution < -0.4 is 5.32 Å². The number of thioether (sulfide) groups is 1. The second-order valence-electron chi connectivity index (χ2n) is 5.52. The molecule has 0 saturated carbocycles. The second-order valence-corrected chi connectivity index (χ2v) is 7.67. The summed E-state index contributed by atoms with van der Waals surface area (Å²) in [6.45, 7) is 1.66. The summed E-state index contributed by atoms with van der Waals surface area (Å²) in [6.07, 6.45) is 0. The lowest BCUT2D eigenvalue weighted by atomic mass is 10.2. The smallest absolute Gasteiger partial charge is 0.271 e. The first-order chi connectivity index (χ1) is 13.3. The van der Waals surface area contributed by atoms with Crippen molar-refractivity contribution in [1.29, 1.82) is 0 Å². The molecule has 0 saturated heterocycles. The number of halogens is 2. The summed E-state index contributed by atoms with van der Waals surface area (Å²) < 4.78 is 1.48. The highest BCUT2D eigenvalue weighted by Crippen LogP contribution is 2.29. The van der Waals surface area contributed by atoms with Gasteiger partial charge in [0.05, 0.1) is 26.6 Å². The molecule has 28 heavy (non-hydrogen) atoms. The second kappa shape index (κ2) is 8.55. The Morgan fingerprint density at radius 3 is 2.64 bits per heavy atom. The summed E-state index contributed by atoms with van der Waals surface area (Å²) in [5, 5.41) is 25.6. The molecular weight excluding hydrogens is 427 g/mol. The highest BCUT2D eigenvalue weighted by Gasteiger charge is 2.21. The third-order valence-electron chi connectivity index (χ3n) is 3.58. The summed E-state index contributed by atoms with van der Waals surface area (Å²) >= 11 is 13.0. The number of nitrogens with zero attached hydrogens (tertiary/aromatic N) is 5. The molecule has 0 aliphatic heterocycles. The Morgan fingerprint density at radius 1 is 1.25 bits per heavy atom. The Balaban J connectivity index is 1.74. The molecule has 3 aromatic rings. The minimum atomic E-state index is -0.604. The van der Waals surface area contributed by atoms with Crippen LogP contribution in [-0.2, 0) is 4.79 Å². The molecule has 0 aliphatic rings. The average molecular weight is 439 g/mol. The molecule has 1 amide bonds. The molecule has 1 heterocycles. The number of nitro groups is 1. The molecule has 1 aromatic heterocycles. The summed E-state index contributed by atoms with van der Waals surface area (Å²) in [4.78, 5) is 22.8. The molecule has 0 fully saturated rings. The van der Waals surface area contributed by atoms with Gasteiger partial charge in [0.15, 0.2) is 0 Å². The zero-order valence-corrected chi connectivity index (χ0v) is 16.6. The largest absolute Gasteiger partial charge is 0.324 e. The lowest BCUT2D eigenvalue weighted by molar-refractivity contribution is -0.384. The normalized spacial score (nSPS) is 11.8. The van der Waals surface area contributed by atoms with E-state index >= 15 is 0 Å². The number of aromatic nitrogens is 4. The first-order valence-corrected chi connectivity index (χ1v) is 9.44. The van der Waals surface area contributed by atoms with E-state index in [4.69, 9.17) is 23.2 Å². The van der Waals surface area contributed by atoms with Gasteiger partial charge in [0.2, 0.25) is 11.1 Å². The molecule has 0 radical (unpaired) electrons. The Hall–Kier alpha value is -2.69. The molecule has 1 unspecified atom stereocenters. The number of carbonyl (C=O) groups excluding carboxylic acids is 1. The maximum atomic E-state index is 12.5. The molecule has 0 aliphatic carbocycles. The SMILES string of the molecule is CC(Sc1nnnn1-c1ccc(Cl)cc1)C(=O)Nc1cc([N+](=O)[O-])ccc1Cl. The van der Waals surface area contributed by atoms with Gasteiger partial charge in [0.1, 0.15) is 0 Å². The van der Waals surface area contributed by atoms with Gasteiger partial charge in [-0.1, -0.05) is 35.0 Å². The molecular formula is C16H12Cl2N6O3S. The summed E-state index contributed by atoms with van der Waals surface area (Å²) in [5.41, 5.74) is 0.670. The van der Waals surface area contributed by atoms with Crippen molar-refractivity contribution in [2.75, 3.05) is 5.32 Å². The van der Waals surface area contributed by atoms with Crippen LogP contribution in [0.2, 0.25) is 10.0 Å². The van der Waals surface area contributed by atoms with E-state index < -0.39 is 16.1 Å². The van der Waals surface area contributed by atoms with E-state index in [0.29, 0.717) is 15.9 Å². The third kappa shape index (κ3) is 4.58. The van der Waals surface area contributed by atoms with Crippen molar-refractivity contribution in [2.45, 2.75) is 17.3 Å². The molecule has 9 nitrogen and oxygen atoms in total. The van der Waals surface area contributed by atoms with Crippen LogP contribution in [0.5, 0.6) is 0 Å². The fourth-order valence-electron chi connectivity index (χ4n) is 2.17. The van der Waals surface area contributed by atoms with E-state index in [0.717, 1.165) is 11.8 Å². The van der Waals surface area contributed by atoms with Crippen LogP contribution in [0.1, 0.15) is 6.92 Å². The topological polar surface area (TPSA) is 116 Å². The predicted octanol–water partition coefficient (Wildman–Crippen LogP) is 4.00. The van der Waals surface area contributed by atoms with E-state index in [1.54, 1.807) is 31.2 Å². The van der Waals surface area contributed by atoms with Crippen molar-refractivity contribution in [3.05, 3.63) is 62.6 Å². The first-order valence-electron chi connectivity index (χ1n) is 7.81. The molecule has 0 spiro atoms. The highest BCUT2D eigenvalue weighted by atomic mass is 35.5. The Kier molecular flexibility index (Phi) is 6.12. The number of tetrazole rings is 1. The number of anilines is 1. The Morgan fingerprint density at radius 2 is 1.96 bits per heavy atom. The zero-order chi connectivity index (χ0) is 20.3. The van der Waals surface area contributed by atoms with Crippen LogP contribution in [0, 0.1) is 10.1 Å². The van der Waals surface area contributed by atoms with Crippen LogP contribution in [0.3, 0.4) is 0 Å². The summed E-state index contributed by atoms with van der Waals surface area (Å²) in [7, 11) is 0. The van der Waals surface area contributed by atoms with Gasteiger partial charge in [0, 0.05) is 17.2 Å². The number of hydrogen-bond donors (Lipinski definition) is 1. The zero-order valence-electron chi connectivity index (χ0n) is 14.2. The van der Waals surface area contributed by atoms with E-state index in [1.165, 1.54) is 22.9 Å². The predicted molar refractivity (Wildman–Crippen MR) is 106 cm³/mol. The van der Waals surface area contributed by atoms with Crippen molar-refractivity contribution >= 4 is 52.2 Å². The molecule has 1 atom stereocenters. The van der Waals surface area contributed by atoms with Gasteiger partial charge >= 0.3 is 0 Å². The number of nitro benzene ring substituents is 1. The van der Waals surface area contributed by atoms with Crippen LogP contribution in [0.4, 0.5) is 11.4 Å². The first kappa shape index (κ1) is 20.1. The van der Waals surface area contributed by atoms with Gasteiger partial charge < -0.3 is 5.32 Å². The van der Waals surface area contributed by atoms with Crippen molar-refractivity contribution in [3.8, 4) is 5.69 Å². The minimum Gasteiger partial charge on any atom is -0.324 e. The van der Waals surface area contributed by atoms with Gasteiger partial charge in [-0.3, -0.25) is 14.9 Å². The number of nitrogens with one attached hydrogen (secondary N) is 1. The number of benzene rings is 2. The number of hydrogen-bond acceptors (Lipinski definition) is 7. The number of carbonyl (C=O) groups is 1. The Labute approximate surface area is 173 Å². The van der Waals surface area contributed by atoms with Crippen molar-refractivity contribution < 1.29 is 9.72 Å². The van der Waals surface area contributed by atoms with E-state index in [9.17, 15) is 14.9 Å². The monoisotopic (exact) mass is 438 g/mol. The fourth-order valence-corrected chi connectivity index (χ4v) is 3.26. The number of non-ortho nitro benzene ring substituents is 1. The molecule has 0 bridgehead atoms. The molecule has 3 rings (SSSR count). The van der Waals surface area contributed by atoms with E-state index in [1.807, 2.05) is 0 Å². The van der Waals surface area contributed by atoms with Crippen molar-refractivity contribution in [1.82, 2.24) is 20.2 Å². The standard InChI is InChI=1S/C16H12Cl2N6O3S/c1-9(15(25)19-14-8-12(24(26)27)6-7-13(14)18)28-16-20-21-22-23(16)11-4-2-10(17)3-5-11/h2-9H,1H3,(H,19,25). The molecule has 12 heteroatoms. The number of amides is 1. The van der Waals surface area contributed by atoms with Crippen LogP contribution >= 0.6 is 35.0 Å². The van der Waals surface area contributed by atoms with E-state index in [2.05, 4.69) is 20.8 Å². The fraction of sp³-hybridized carbons (Fsp3) is 0.125. The lowest BCUT2D eigenvalue weighted by Crippen LogP contribution is -2.23. The van der Waals surface area contributed by atoms with Crippen LogP contribution in [-0.4, -0.2) is 36.3 Å². The maximum absolute atomic E-state index is 12.5. The van der Waals surface area contributed by atoms with Gasteiger partial charge in [-0.15, -0.1) is 5.10 Å². The Bertz CT molecular complexity index is 1030. The summed E-state index contributed by atoms with van der Waals surface area (Å²) in [5.74, 6) is -0.405. The van der Waals surface area contributed by atoms with Crippen molar-refractivity contribution in [2.24, 2.45) is 0 Å². The third-order valence-corrected chi connectivity index (χ3v) is 5.20. The van der Waals surface area contributed by atoms with Crippen LogP contribution in [0.15, 0.2) is 47.6 Å². The van der Waals surface area contributed by atoms with Gasteiger partial charge in [-0.25, -0.2) is 0 Å². The quantitative estimate of drug-likeness (QED) is 0.351. The van der Waals surface area contributed by atoms with Gasteiger partial charge in [-0.05, 0) is 47.7 Å². The van der Waals surface area contributed by atoms with Gasteiger partial charge in [-0.2, -0.15) is 4.68 Å².